The molecule has 0 bridgehead atoms. The van der Waals surface area contributed by atoms with Crippen molar-refractivity contribution >= 4 is 17.6 Å². The third kappa shape index (κ3) is 4.30. The minimum atomic E-state index is -0.432. The lowest BCUT2D eigenvalue weighted by Gasteiger charge is -2.42. The lowest BCUT2D eigenvalue weighted by atomic mass is 9.62. The summed E-state index contributed by atoms with van der Waals surface area (Å²) in [7, 11) is 0. The third-order valence-electron chi connectivity index (χ3n) is 6.40. The van der Waals surface area contributed by atoms with E-state index in [4.69, 9.17) is 9.15 Å². The van der Waals surface area contributed by atoms with Gasteiger partial charge < -0.3 is 9.15 Å². The van der Waals surface area contributed by atoms with Crippen LogP contribution in [-0.2, 0) is 15.6 Å². The first kappa shape index (κ1) is 22.1. The van der Waals surface area contributed by atoms with Gasteiger partial charge in [-0.2, -0.15) is 0 Å². The number of allylic oxidation sites excluding steroid dienone is 3. The van der Waals surface area contributed by atoms with Gasteiger partial charge in [-0.25, -0.2) is 4.79 Å². The van der Waals surface area contributed by atoms with Gasteiger partial charge in [0.15, 0.2) is 0 Å². The van der Waals surface area contributed by atoms with Crippen LogP contribution in [-0.4, -0.2) is 12.6 Å². The Kier molecular flexibility index (Phi) is 6.12. The summed E-state index contributed by atoms with van der Waals surface area (Å²) in [5, 5.41) is 0. The monoisotopic (exact) mass is 406 g/mol. The number of esters is 1. The van der Waals surface area contributed by atoms with E-state index in [0.717, 1.165) is 5.56 Å². The van der Waals surface area contributed by atoms with Crippen LogP contribution in [0.1, 0.15) is 92.8 Å². The molecule has 0 unspecified atom stereocenters. The maximum atomic E-state index is 12.0. The topological polar surface area (TPSA) is 39.4 Å². The fraction of sp³-hybridized carbons (Fsp3) is 0.444. The van der Waals surface area contributed by atoms with Crippen LogP contribution in [0.2, 0.25) is 0 Å². The van der Waals surface area contributed by atoms with Gasteiger partial charge in [-0.3, -0.25) is 0 Å². The Bertz CT molecular complexity index is 999. The SMILES string of the molecule is CCOC(=O)c1occc1/C=C\C=C(/C)c1cc2c(cc1C)C(C)(C)CCC2(C)C. The van der Waals surface area contributed by atoms with Crippen molar-refractivity contribution in [3.05, 3.63) is 70.2 Å². The van der Waals surface area contributed by atoms with Crippen LogP contribution in [0.4, 0.5) is 0 Å². The maximum Gasteiger partial charge on any atom is 0.374 e. The first-order valence-corrected chi connectivity index (χ1v) is 10.8. The van der Waals surface area contributed by atoms with Crippen LogP contribution in [0.5, 0.6) is 0 Å². The zero-order valence-electron chi connectivity index (χ0n) is 19.4. The van der Waals surface area contributed by atoms with Crippen molar-refractivity contribution in [2.45, 2.75) is 72.1 Å². The zero-order chi connectivity index (χ0) is 22.1. The Morgan fingerprint density at radius 3 is 2.40 bits per heavy atom. The molecule has 160 valence electrons. The number of ether oxygens (including phenoxy) is 1. The van der Waals surface area contributed by atoms with Gasteiger partial charge >= 0.3 is 5.97 Å². The molecule has 1 aliphatic rings. The summed E-state index contributed by atoms with van der Waals surface area (Å²) in [5.41, 5.74) is 7.87. The highest BCUT2D eigenvalue weighted by Crippen LogP contribution is 2.47. The predicted octanol–water partition coefficient (Wildman–Crippen LogP) is 7.23. The fourth-order valence-electron chi connectivity index (χ4n) is 4.35. The number of aryl methyl sites for hydroxylation is 1. The van der Waals surface area contributed by atoms with E-state index < -0.39 is 5.97 Å². The lowest BCUT2D eigenvalue weighted by Crippen LogP contribution is -2.34. The molecule has 1 heterocycles. The second-order valence-corrected chi connectivity index (χ2v) is 9.61. The van der Waals surface area contributed by atoms with Crippen molar-refractivity contribution in [1.82, 2.24) is 0 Å². The summed E-state index contributed by atoms with van der Waals surface area (Å²) >= 11 is 0. The molecule has 1 aliphatic carbocycles. The van der Waals surface area contributed by atoms with Crippen LogP contribution in [0.15, 0.2) is 41.0 Å². The largest absolute Gasteiger partial charge is 0.460 e. The molecule has 1 aromatic carbocycles. The molecular formula is C27H34O3. The minimum absolute atomic E-state index is 0.189. The smallest absolute Gasteiger partial charge is 0.374 e. The molecule has 3 heteroatoms. The van der Waals surface area contributed by atoms with Crippen molar-refractivity contribution in [3.8, 4) is 0 Å². The van der Waals surface area contributed by atoms with E-state index in [1.807, 2.05) is 12.2 Å². The number of carbonyl (C=O) groups is 1. The van der Waals surface area contributed by atoms with Gasteiger partial charge in [0.05, 0.1) is 12.9 Å². The second kappa shape index (κ2) is 8.29. The molecule has 0 saturated carbocycles. The van der Waals surface area contributed by atoms with E-state index in [-0.39, 0.29) is 16.6 Å². The van der Waals surface area contributed by atoms with Crippen molar-refractivity contribution in [3.63, 3.8) is 0 Å². The Morgan fingerprint density at radius 2 is 1.77 bits per heavy atom. The molecule has 30 heavy (non-hydrogen) atoms. The summed E-state index contributed by atoms with van der Waals surface area (Å²) in [6.45, 7) is 15.9. The van der Waals surface area contributed by atoms with Crippen LogP contribution in [0.25, 0.3) is 11.6 Å². The highest BCUT2D eigenvalue weighted by Gasteiger charge is 2.37. The van der Waals surface area contributed by atoms with Crippen LogP contribution >= 0.6 is 0 Å². The second-order valence-electron chi connectivity index (χ2n) is 9.61. The third-order valence-corrected chi connectivity index (χ3v) is 6.40. The van der Waals surface area contributed by atoms with E-state index in [2.05, 4.69) is 59.8 Å². The highest BCUT2D eigenvalue weighted by molar-refractivity contribution is 5.90. The zero-order valence-corrected chi connectivity index (χ0v) is 19.4. The number of benzene rings is 1. The Hall–Kier alpha value is -2.55. The molecule has 0 atom stereocenters. The molecule has 2 aromatic rings. The van der Waals surface area contributed by atoms with Gasteiger partial charge in [0, 0.05) is 5.56 Å². The summed E-state index contributed by atoms with van der Waals surface area (Å²) in [5.74, 6) is -0.189. The van der Waals surface area contributed by atoms with E-state index >= 15 is 0 Å². The number of furan rings is 1. The van der Waals surface area contributed by atoms with Gasteiger partial charge in [-0.05, 0) is 78.3 Å². The molecule has 0 N–H and O–H groups in total. The number of hydrogen-bond donors (Lipinski definition) is 0. The molecule has 1 aromatic heterocycles. The van der Waals surface area contributed by atoms with E-state index in [1.54, 1.807) is 13.0 Å². The molecule has 0 radical (unpaired) electrons. The van der Waals surface area contributed by atoms with Crippen molar-refractivity contribution < 1.29 is 13.9 Å². The Balaban J connectivity index is 1.92. The highest BCUT2D eigenvalue weighted by atomic mass is 16.5. The average Bonchev–Trinajstić information content (AvgIpc) is 3.14. The van der Waals surface area contributed by atoms with Crippen LogP contribution < -0.4 is 0 Å². The van der Waals surface area contributed by atoms with Gasteiger partial charge in [-0.1, -0.05) is 58.1 Å². The lowest BCUT2D eigenvalue weighted by molar-refractivity contribution is 0.0489. The number of fused-ring (bicyclic) bond motifs is 1. The molecule has 3 nitrogen and oxygen atoms in total. The average molecular weight is 407 g/mol. The number of rotatable bonds is 5. The standard InChI is InChI=1S/C27H34O3/c1-8-29-25(28)24-20(12-15-30-24)11-9-10-18(2)21-17-23-22(16-19(21)3)26(4,5)13-14-27(23,6)7/h9-12,15-17H,8,13-14H2,1-7H3/b11-9-,18-10+. The summed E-state index contributed by atoms with van der Waals surface area (Å²) in [6.07, 6.45) is 9.89. The van der Waals surface area contributed by atoms with E-state index in [1.165, 1.54) is 46.9 Å². The van der Waals surface area contributed by atoms with Crippen molar-refractivity contribution in [2.24, 2.45) is 0 Å². The predicted molar refractivity (Wildman–Crippen MR) is 124 cm³/mol. The fourth-order valence-corrected chi connectivity index (χ4v) is 4.35. The quantitative estimate of drug-likeness (QED) is 0.388. The Morgan fingerprint density at radius 1 is 1.13 bits per heavy atom. The molecule has 0 fully saturated rings. The van der Waals surface area contributed by atoms with Crippen LogP contribution in [0, 0.1) is 6.92 Å². The van der Waals surface area contributed by atoms with Gasteiger partial charge in [0.25, 0.3) is 0 Å². The summed E-state index contributed by atoms with van der Waals surface area (Å²) in [6, 6.07) is 6.56. The molecule has 0 spiro atoms. The summed E-state index contributed by atoms with van der Waals surface area (Å²) in [4.78, 5) is 12.0. The first-order valence-electron chi connectivity index (χ1n) is 10.8. The van der Waals surface area contributed by atoms with Crippen LogP contribution in [0.3, 0.4) is 0 Å². The van der Waals surface area contributed by atoms with Crippen molar-refractivity contribution in [2.75, 3.05) is 6.61 Å². The number of hydrogen-bond acceptors (Lipinski definition) is 3. The number of carbonyl (C=O) groups excluding carboxylic acids is 1. The first-order chi connectivity index (χ1) is 14.1. The minimum Gasteiger partial charge on any atom is -0.460 e. The van der Waals surface area contributed by atoms with Gasteiger partial charge in [0.2, 0.25) is 5.76 Å². The summed E-state index contributed by atoms with van der Waals surface area (Å²) < 4.78 is 10.3. The molecular weight excluding hydrogens is 372 g/mol. The molecule has 0 aliphatic heterocycles. The molecule has 0 saturated heterocycles. The van der Waals surface area contributed by atoms with E-state index in [9.17, 15) is 4.79 Å². The molecule has 0 amide bonds. The van der Waals surface area contributed by atoms with Gasteiger partial charge in [0.1, 0.15) is 0 Å². The van der Waals surface area contributed by atoms with Gasteiger partial charge in [-0.15, -0.1) is 0 Å². The maximum absolute atomic E-state index is 12.0. The normalized spacial score (nSPS) is 17.8. The molecule has 3 rings (SSSR count). The van der Waals surface area contributed by atoms with Crippen molar-refractivity contribution in [1.29, 1.82) is 0 Å². The van der Waals surface area contributed by atoms with E-state index in [0.29, 0.717) is 6.61 Å². The Labute approximate surface area is 180 Å².